The maximum absolute atomic E-state index is 6.07. The zero-order chi connectivity index (χ0) is 13.0. The Morgan fingerprint density at radius 1 is 1.26 bits per heavy atom. The van der Waals surface area contributed by atoms with Crippen LogP contribution in [0.2, 0.25) is 0 Å². The topological polar surface area (TPSA) is 43.8 Å². The molecule has 0 radical (unpaired) electrons. The van der Waals surface area contributed by atoms with E-state index in [0.717, 1.165) is 24.3 Å². The number of rotatable bonds is 3. The van der Waals surface area contributed by atoms with Crippen molar-refractivity contribution in [1.29, 1.82) is 0 Å². The summed E-state index contributed by atoms with van der Waals surface area (Å²) in [5, 5.41) is 4.55. The smallest absolute Gasteiger partial charge is 0.0548 e. The van der Waals surface area contributed by atoms with Crippen LogP contribution in [0, 0.1) is 23.2 Å². The second-order valence-electron chi connectivity index (χ2n) is 7.62. The first-order valence-electron chi connectivity index (χ1n) is 7.91. The van der Waals surface area contributed by atoms with E-state index in [1.54, 1.807) is 0 Å². The van der Waals surface area contributed by atoms with Crippen LogP contribution in [0.15, 0.2) is 12.3 Å². The third-order valence-corrected chi connectivity index (χ3v) is 5.87. The molecule has 4 aliphatic rings. The SMILES string of the molecule is CC(N)c1ccnn1CC12CC3CC(CC(C3)C1)C2. The van der Waals surface area contributed by atoms with Crippen LogP contribution >= 0.6 is 0 Å². The highest BCUT2D eigenvalue weighted by molar-refractivity contribution is 5.07. The van der Waals surface area contributed by atoms with Gasteiger partial charge in [-0.05, 0) is 74.7 Å². The highest BCUT2D eigenvalue weighted by Gasteiger charge is 2.51. The minimum Gasteiger partial charge on any atom is -0.323 e. The van der Waals surface area contributed by atoms with Crippen LogP contribution in [0.25, 0.3) is 0 Å². The zero-order valence-electron chi connectivity index (χ0n) is 11.9. The van der Waals surface area contributed by atoms with Gasteiger partial charge >= 0.3 is 0 Å². The number of nitrogens with two attached hydrogens (primary N) is 1. The summed E-state index contributed by atoms with van der Waals surface area (Å²) >= 11 is 0. The predicted octanol–water partition coefficient (Wildman–Crippen LogP) is 3.12. The molecule has 1 unspecified atom stereocenters. The van der Waals surface area contributed by atoms with Crippen molar-refractivity contribution in [3.05, 3.63) is 18.0 Å². The van der Waals surface area contributed by atoms with E-state index in [1.807, 2.05) is 6.20 Å². The van der Waals surface area contributed by atoms with Gasteiger partial charge in [0.1, 0.15) is 0 Å². The van der Waals surface area contributed by atoms with E-state index in [1.165, 1.54) is 44.2 Å². The lowest BCUT2D eigenvalue weighted by Crippen LogP contribution is -2.48. The minimum absolute atomic E-state index is 0.0939. The van der Waals surface area contributed by atoms with E-state index < -0.39 is 0 Å². The van der Waals surface area contributed by atoms with Gasteiger partial charge in [0.2, 0.25) is 0 Å². The third-order valence-electron chi connectivity index (χ3n) is 5.87. The van der Waals surface area contributed by atoms with Crippen molar-refractivity contribution in [2.24, 2.45) is 28.9 Å². The lowest BCUT2D eigenvalue weighted by atomic mass is 9.49. The van der Waals surface area contributed by atoms with Gasteiger partial charge in [-0.15, -0.1) is 0 Å². The molecule has 104 valence electrons. The summed E-state index contributed by atoms with van der Waals surface area (Å²) in [5.74, 6) is 3.04. The summed E-state index contributed by atoms with van der Waals surface area (Å²) < 4.78 is 2.21. The highest BCUT2D eigenvalue weighted by Crippen LogP contribution is 2.60. The van der Waals surface area contributed by atoms with Gasteiger partial charge in [-0.3, -0.25) is 4.68 Å². The monoisotopic (exact) mass is 259 g/mol. The van der Waals surface area contributed by atoms with Gasteiger partial charge in [0.15, 0.2) is 0 Å². The lowest BCUT2D eigenvalue weighted by Gasteiger charge is -2.56. The molecular weight excluding hydrogens is 234 g/mol. The first-order chi connectivity index (χ1) is 9.13. The van der Waals surface area contributed by atoms with Crippen LogP contribution in [-0.2, 0) is 6.54 Å². The molecule has 3 nitrogen and oxygen atoms in total. The molecular formula is C16H25N3. The average Bonchev–Trinajstić information content (AvgIpc) is 2.74. The second kappa shape index (κ2) is 4.08. The summed E-state index contributed by atoms with van der Waals surface area (Å²) in [5.41, 5.74) is 7.82. The molecule has 1 heterocycles. The zero-order valence-corrected chi connectivity index (χ0v) is 11.9. The quantitative estimate of drug-likeness (QED) is 0.906. The van der Waals surface area contributed by atoms with E-state index in [-0.39, 0.29) is 6.04 Å². The normalized spacial score (nSPS) is 41.7. The molecule has 2 N–H and O–H groups in total. The molecule has 4 saturated carbocycles. The third kappa shape index (κ3) is 1.94. The van der Waals surface area contributed by atoms with Gasteiger partial charge in [-0.25, -0.2) is 0 Å². The minimum atomic E-state index is 0.0939. The molecule has 5 rings (SSSR count). The Morgan fingerprint density at radius 3 is 2.37 bits per heavy atom. The molecule has 0 spiro atoms. The molecule has 3 heteroatoms. The Bertz CT molecular complexity index is 439. The summed E-state index contributed by atoms with van der Waals surface area (Å²) in [7, 11) is 0. The molecule has 19 heavy (non-hydrogen) atoms. The highest BCUT2D eigenvalue weighted by atomic mass is 15.3. The molecule has 1 atom stereocenters. The fourth-order valence-corrected chi connectivity index (χ4v) is 5.66. The number of aromatic nitrogens is 2. The predicted molar refractivity (Wildman–Crippen MR) is 75.4 cm³/mol. The molecule has 0 amide bonds. The van der Waals surface area contributed by atoms with Gasteiger partial charge in [0.05, 0.1) is 5.69 Å². The maximum atomic E-state index is 6.07. The summed E-state index contributed by atoms with van der Waals surface area (Å²) in [6.07, 6.45) is 10.8. The summed E-state index contributed by atoms with van der Waals surface area (Å²) in [4.78, 5) is 0. The van der Waals surface area contributed by atoms with Crippen LogP contribution in [-0.4, -0.2) is 9.78 Å². The fraction of sp³-hybridized carbons (Fsp3) is 0.812. The van der Waals surface area contributed by atoms with Crippen LogP contribution in [0.5, 0.6) is 0 Å². The lowest BCUT2D eigenvalue weighted by molar-refractivity contribution is -0.0640. The van der Waals surface area contributed by atoms with Crippen LogP contribution < -0.4 is 5.73 Å². The van der Waals surface area contributed by atoms with Crippen LogP contribution in [0.1, 0.15) is 57.2 Å². The summed E-state index contributed by atoms with van der Waals surface area (Å²) in [6.45, 7) is 3.17. The Labute approximate surface area is 115 Å². The fourth-order valence-electron chi connectivity index (χ4n) is 5.66. The standard InChI is InChI=1S/C16H25N3/c1-11(17)15-2-3-18-19(15)10-16-7-12-4-13(8-16)6-14(5-12)9-16/h2-3,11-14H,4-10,17H2,1H3. The molecule has 0 saturated heterocycles. The van der Waals surface area contributed by atoms with E-state index in [2.05, 4.69) is 22.8 Å². The number of hydrogen-bond acceptors (Lipinski definition) is 2. The molecule has 4 aliphatic carbocycles. The van der Waals surface area contributed by atoms with Crippen molar-refractivity contribution in [1.82, 2.24) is 9.78 Å². The Balaban J connectivity index is 1.60. The largest absolute Gasteiger partial charge is 0.323 e. The van der Waals surface area contributed by atoms with E-state index in [9.17, 15) is 0 Å². The molecule has 4 bridgehead atoms. The van der Waals surface area contributed by atoms with Crippen molar-refractivity contribution < 1.29 is 0 Å². The molecule has 4 fully saturated rings. The van der Waals surface area contributed by atoms with Gasteiger partial charge in [-0.1, -0.05) is 0 Å². The maximum Gasteiger partial charge on any atom is 0.0548 e. The number of hydrogen-bond donors (Lipinski definition) is 1. The van der Waals surface area contributed by atoms with Crippen molar-refractivity contribution in [2.45, 2.75) is 58.0 Å². The van der Waals surface area contributed by atoms with Gasteiger partial charge in [-0.2, -0.15) is 5.10 Å². The van der Waals surface area contributed by atoms with Crippen LogP contribution in [0.3, 0.4) is 0 Å². The second-order valence-corrected chi connectivity index (χ2v) is 7.62. The van der Waals surface area contributed by atoms with Gasteiger partial charge < -0.3 is 5.73 Å². The molecule has 0 aliphatic heterocycles. The average molecular weight is 259 g/mol. The Morgan fingerprint density at radius 2 is 1.84 bits per heavy atom. The van der Waals surface area contributed by atoms with Crippen molar-refractivity contribution in [2.75, 3.05) is 0 Å². The van der Waals surface area contributed by atoms with E-state index in [0.29, 0.717) is 5.41 Å². The van der Waals surface area contributed by atoms with Crippen molar-refractivity contribution >= 4 is 0 Å². The van der Waals surface area contributed by atoms with Crippen molar-refractivity contribution in [3.63, 3.8) is 0 Å². The van der Waals surface area contributed by atoms with Crippen LogP contribution in [0.4, 0.5) is 0 Å². The van der Waals surface area contributed by atoms with E-state index >= 15 is 0 Å². The first-order valence-corrected chi connectivity index (χ1v) is 7.91. The molecule has 0 aromatic carbocycles. The molecule has 1 aromatic heterocycles. The van der Waals surface area contributed by atoms with Crippen molar-refractivity contribution in [3.8, 4) is 0 Å². The van der Waals surface area contributed by atoms with Gasteiger partial charge in [0, 0.05) is 18.8 Å². The molecule has 1 aromatic rings. The summed E-state index contributed by atoms with van der Waals surface area (Å²) in [6, 6.07) is 2.18. The Kier molecular flexibility index (Phi) is 2.57. The van der Waals surface area contributed by atoms with E-state index in [4.69, 9.17) is 5.73 Å². The number of nitrogens with zero attached hydrogens (tertiary/aromatic N) is 2. The first kappa shape index (κ1) is 12.0. The van der Waals surface area contributed by atoms with Gasteiger partial charge in [0.25, 0.3) is 0 Å². The Hall–Kier alpha value is -0.830.